The molecule has 0 amide bonds. The molecule has 1 aromatic carbocycles. The third-order valence-electron chi connectivity index (χ3n) is 2.35. The molecule has 19 heavy (non-hydrogen) atoms. The number of hydrogen-bond donors (Lipinski definition) is 0. The van der Waals surface area contributed by atoms with Gasteiger partial charge in [-0.25, -0.2) is 9.68 Å². The fourth-order valence-corrected chi connectivity index (χ4v) is 1.47. The second-order valence-corrected chi connectivity index (χ2v) is 4.24. The zero-order valence-electron chi connectivity index (χ0n) is 12.2. The molecular weight excluding hydrogens is 242 g/mol. The summed E-state index contributed by atoms with van der Waals surface area (Å²) in [6, 6.07) is 7.77. The Hall–Kier alpha value is -1.26. The van der Waals surface area contributed by atoms with Gasteiger partial charge in [0.15, 0.2) is 0 Å². The van der Waals surface area contributed by atoms with E-state index in [0.29, 0.717) is 19.8 Å². The molecule has 1 aromatic rings. The Labute approximate surface area is 116 Å². The van der Waals surface area contributed by atoms with Crippen LogP contribution in [0.1, 0.15) is 40.0 Å². The van der Waals surface area contributed by atoms with Crippen molar-refractivity contribution in [3.05, 3.63) is 24.3 Å². The van der Waals surface area contributed by atoms with E-state index in [2.05, 4.69) is 20.8 Å². The van der Waals surface area contributed by atoms with Crippen LogP contribution in [0.25, 0.3) is 0 Å². The lowest BCUT2D eigenvalue weighted by Gasteiger charge is -2.24. The Morgan fingerprint density at radius 1 is 0.842 bits per heavy atom. The average Bonchev–Trinajstić information content (AvgIpc) is 2.46. The van der Waals surface area contributed by atoms with E-state index in [9.17, 15) is 0 Å². The van der Waals surface area contributed by atoms with E-state index in [1.54, 1.807) is 0 Å². The Morgan fingerprint density at radius 3 is 2.00 bits per heavy atom. The third-order valence-corrected chi connectivity index (χ3v) is 2.35. The first-order valence-corrected chi connectivity index (χ1v) is 7.11. The first-order chi connectivity index (χ1) is 9.33. The van der Waals surface area contributed by atoms with Crippen molar-refractivity contribution in [1.29, 1.82) is 0 Å². The maximum atomic E-state index is 5.73. The van der Waals surface area contributed by atoms with Gasteiger partial charge in [0.1, 0.15) is 11.4 Å². The van der Waals surface area contributed by atoms with E-state index in [4.69, 9.17) is 14.4 Å². The van der Waals surface area contributed by atoms with Gasteiger partial charge in [0.05, 0.1) is 19.8 Å². The average molecular weight is 267 g/mol. The molecule has 0 heterocycles. The molecule has 0 spiro atoms. The van der Waals surface area contributed by atoms with Crippen LogP contribution in [0.3, 0.4) is 0 Å². The fourth-order valence-electron chi connectivity index (χ4n) is 1.47. The zero-order valence-corrected chi connectivity index (χ0v) is 12.2. The van der Waals surface area contributed by atoms with Crippen LogP contribution in [0, 0.1) is 0 Å². The van der Waals surface area contributed by atoms with Crippen molar-refractivity contribution in [3.8, 4) is 5.75 Å². The minimum Gasteiger partial charge on any atom is -0.491 e. The van der Waals surface area contributed by atoms with Crippen molar-refractivity contribution in [1.82, 2.24) is 0 Å². The maximum absolute atomic E-state index is 5.73. The van der Waals surface area contributed by atoms with Gasteiger partial charge < -0.3 is 4.74 Å². The number of nitrogens with zero attached hydrogens (tertiary/aromatic N) is 1. The number of para-hydroxylation sites is 2. The minimum atomic E-state index is 0.617. The molecule has 4 heteroatoms. The Bertz CT molecular complexity index is 336. The molecule has 108 valence electrons. The molecule has 1 rings (SSSR count). The maximum Gasteiger partial charge on any atom is 0.147 e. The van der Waals surface area contributed by atoms with Crippen LogP contribution < -0.4 is 9.96 Å². The smallest absolute Gasteiger partial charge is 0.147 e. The highest BCUT2D eigenvalue weighted by Crippen LogP contribution is 2.28. The van der Waals surface area contributed by atoms with Crippen molar-refractivity contribution in [2.75, 3.05) is 25.0 Å². The lowest BCUT2D eigenvalue weighted by molar-refractivity contribution is -0.0900. The summed E-state index contributed by atoms with van der Waals surface area (Å²) in [6.45, 7) is 8.14. The van der Waals surface area contributed by atoms with Crippen molar-refractivity contribution >= 4 is 5.69 Å². The summed E-state index contributed by atoms with van der Waals surface area (Å²) < 4.78 is 5.73. The summed E-state index contributed by atoms with van der Waals surface area (Å²) in [5, 5.41) is 1.48. The SMILES string of the molecule is CCCOc1ccccc1N(OCCC)OCCC. The van der Waals surface area contributed by atoms with E-state index in [1.165, 1.54) is 5.23 Å². The van der Waals surface area contributed by atoms with Crippen LogP contribution in [0.2, 0.25) is 0 Å². The van der Waals surface area contributed by atoms with Crippen molar-refractivity contribution < 1.29 is 14.4 Å². The van der Waals surface area contributed by atoms with Gasteiger partial charge in [-0.05, 0) is 31.4 Å². The molecule has 0 N–H and O–H groups in total. The molecule has 0 saturated heterocycles. The van der Waals surface area contributed by atoms with Gasteiger partial charge in [0, 0.05) is 0 Å². The van der Waals surface area contributed by atoms with Crippen LogP contribution in [-0.4, -0.2) is 19.8 Å². The van der Waals surface area contributed by atoms with Gasteiger partial charge in [0.25, 0.3) is 0 Å². The Balaban J connectivity index is 2.79. The molecule has 0 unspecified atom stereocenters. The molecule has 4 nitrogen and oxygen atoms in total. The van der Waals surface area contributed by atoms with E-state index in [1.807, 2.05) is 24.3 Å². The number of ether oxygens (including phenoxy) is 1. The first-order valence-electron chi connectivity index (χ1n) is 7.11. The molecule has 0 radical (unpaired) electrons. The standard InChI is InChI=1S/C15H25NO3/c1-4-11-17-15-10-8-7-9-14(15)16(18-12-5-2)19-13-6-3/h7-10H,4-6,11-13H2,1-3H3. The fraction of sp³-hybridized carbons (Fsp3) is 0.600. The van der Waals surface area contributed by atoms with Crippen molar-refractivity contribution in [3.63, 3.8) is 0 Å². The van der Waals surface area contributed by atoms with Gasteiger partial charge in [-0.15, -0.1) is 5.23 Å². The van der Waals surface area contributed by atoms with E-state index < -0.39 is 0 Å². The van der Waals surface area contributed by atoms with Crippen LogP contribution >= 0.6 is 0 Å². The van der Waals surface area contributed by atoms with Crippen LogP contribution in [0.15, 0.2) is 24.3 Å². The molecule has 0 bridgehead atoms. The molecule has 0 atom stereocenters. The molecule has 0 fully saturated rings. The van der Waals surface area contributed by atoms with Crippen molar-refractivity contribution in [2.24, 2.45) is 0 Å². The number of hydrogen-bond acceptors (Lipinski definition) is 4. The minimum absolute atomic E-state index is 0.617. The summed E-state index contributed by atoms with van der Waals surface area (Å²) in [6.07, 6.45) is 2.84. The second-order valence-electron chi connectivity index (χ2n) is 4.24. The summed E-state index contributed by atoms with van der Waals surface area (Å²) >= 11 is 0. The van der Waals surface area contributed by atoms with Gasteiger partial charge >= 0.3 is 0 Å². The largest absolute Gasteiger partial charge is 0.491 e. The highest BCUT2D eigenvalue weighted by Gasteiger charge is 2.13. The molecular formula is C15H25NO3. The molecule has 0 aliphatic carbocycles. The van der Waals surface area contributed by atoms with Crippen molar-refractivity contribution in [2.45, 2.75) is 40.0 Å². The zero-order chi connectivity index (χ0) is 13.9. The lowest BCUT2D eigenvalue weighted by Crippen LogP contribution is -2.25. The van der Waals surface area contributed by atoms with Gasteiger partial charge in [-0.2, -0.15) is 0 Å². The highest BCUT2D eigenvalue weighted by atomic mass is 16.9. The van der Waals surface area contributed by atoms with Crippen LogP contribution in [0.5, 0.6) is 5.75 Å². The summed E-state index contributed by atoms with van der Waals surface area (Å²) in [4.78, 5) is 11.3. The summed E-state index contributed by atoms with van der Waals surface area (Å²) in [5.74, 6) is 0.788. The Morgan fingerprint density at radius 2 is 1.42 bits per heavy atom. The highest BCUT2D eigenvalue weighted by molar-refractivity contribution is 5.55. The van der Waals surface area contributed by atoms with Crippen LogP contribution in [0.4, 0.5) is 5.69 Å². The molecule has 0 aromatic heterocycles. The van der Waals surface area contributed by atoms with E-state index in [0.717, 1.165) is 30.7 Å². The molecule has 0 aliphatic rings. The number of benzene rings is 1. The van der Waals surface area contributed by atoms with Crippen LogP contribution in [-0.2, 0) is 9.68 Å². The van der Waals surface area contributed by atoms with Gasteiger partial charge in [-0.3, -0.25) is 0 Å². The normalized spacial score (nSPS) is 10.5. The lowest BCUT2D eigenvalue weighted by atomic mass is 10.3. The summed E-state index contributed by atoms with van der Waals surface area (Å²) in [5.41, 5.74) is 0.817. The van der Waals surface area contributed by atoms with E-state index >= 15 is 0 Å². The number of anilines is 1. The quantitative estimate of drug-likeness (QED) is 0.600. The van der Waals surface area contributed by atoms with Gasteiger partial charge in [0.2, 0.25) is 0 Å². The topological polar surface area (TPSA) is 30.9 Å². The van der Waals surface area contributed by atoms with E-state index in [-0.39, 0.29) is 0 Å². The molecule has 0 saturated carbocycles. The molecule has 0 aliphatic heterocycles. The third kappa shape index (κ3) is 5.49. The first kappa shape index (κ1) is 15.8. The number of rotatable bonds is 10. The Kier molecular flexibility index (Phi) is 8.02. The predicted octanol–water partition coefficient (Wildman–Crippen LogP) is 3.97. The monoisotopic (exact) mass is 267 g/mol. The summed E-state index contributed by atoms with van der Waals surface area (Å²) in [7, 11) is 0. The second kappa shape index (κ2) is 9.64. The predicted molar refractivity (Wildman–Crippen MR) is 77.2 cm³/mol. The van der Waals surface area contributed by atoms with Gasteiger partial charge in [-0.1, -0.05) is 32.9 Å².